The Kier molecular flexibility index (Phi) is 4.08. The highest BCUT2D eigenvalue weighted by Crippen LogP contribution is 2.19. The largest absolute Gasteiger partial charge is 0.304 e. The van der Waals surface area contributed by atoms with Crippen LogP contribution in [0.15, 0.2) is 30.5 Å². The lowest BCUT2D eigenvalue weighted by molar-refractivity contribution is 0.571. The SMILES string of the molecule is Cc1cnc(C(C)NCc2ccccc2C#N)s1. The molecule has 0 saturated heterocycles. The minimum atomic E-state index is 0.204. The maximum Gasteiger partial charge on any atom is 0.109 e. The highest BCUT2D eigenvalue weighted by molar-refractivity contribution is 7.11. The number of benzene rings is 1. The van der Waals surface area contributed by atoms with Gasteiger partial charge in [-0.15, -0.1) is 11.3 Å². The van der Waals surface area contributed by atoms with Gasteiger partial charge in [-0.05, 0) is 25.5 Å². The molecule has 1 aromatic carbocycles. The van der Waals surface area contributed by atoms with E-state index in [1.165, 1.54) is 4.88 Å². The van der Waals surface area contributed by atoms with E-state index in [1.54, 1.807) is 11.3 Å². The molecule has 0 bridgehead atoms. The Hall–Kier alpha value is -1.70. The van der Waals surface area contributed by atoms with Crippen molar-refractivity contribution in [1.82, 2.24) is 10.3 Å². The van der Waals surface area contributed by atoms with Crippen LogP contribution in [0, 0.1) is 18.3 Å². The molecule has 0 saturated carbocycles. The molecule has 18 heavy (non-hydrogen) atoms. The van der Waals surface area contributed by atoms with Crippen molar-refractivity contribution in [3.63, 3.8) is 0 Å². The van der Waals surface area contributed by atoms with Crippen molar-refractivity contribution in [2.75, 3.05) is 0 Å². The van der Waals surface area contributed by atoms with E-state index in [0.29, 0.717) is 6.54 Å². The molecule has 3 nitrogen and oxygen atoms in total. The summed E-state index contributed by atoms with van der Waals surface area (Å²) in [4.78, 5) is 5.58. The molecule has 0 aliphatic carbocycles. The summed E-state index contributed by atoms with van der Waals surface area (Å²) in [6.07, 6.45) is 1.89. The standard InChI is InChI=1S/C14H15N3S/c1-10-8-17-14(18-10)11(2)16-9-13-6-4-3-5-12(13)7-15/h3-6,8,11,16H,9H2,1-2H3. The lowest BCUT2D eigenvalue weighted by Crippen LogP contribution is -2.18. The second-order valence-electron chi connectivity index (χ2n) is 4.18. The maximum absolute atomic E-state index is 9.02. The summed E-state index contributed by atoms with van der Waals surface area (Å²) < 4.78 is 0. The van der Waals surface area contributed by atoms with Gasteiger partial charge in [0.25, 0.3) is 0 Å². The van der Waals surface area contributed by atoms with Crippen LogP contribution in [0.3, 0.4) is 0 Å². The second-order valence-corrected chi connectivity index (χ2v) is 5.45. The minimum Gasteiger partial charge on any atom is -0.304 e. The third kappa shape index (κ3) is 2.95. The first kappa shape index (κ1) is 12.7. The van der Waals surface area contributed by atoms with E-state index < -0.39 is 0 Å². The van der Waals surface area contributed by atoms with Gasteiger partial charge in [0.15, 0.2) is 0 Å². The molecule has 2 rings (SSSR count). The molecule has 0 radical (unpaired) electrons. The zero-order valence-corrected chi connectivity index (χ0v) is 11.3. The first-order valence-electron chi connectivity index (χ1n) is 5.84. The van der Waals surface area contributed by atoms with Crippen molar-refractivity contribution in [3.8, 4) is 6.07 Å². The van der Waals surface area contributed by atoms with Crippen molar-refractivity contribution in [2.45, 2.75) is 26.4 Å². The number of hydrogen-bond acceptors (Lipinski definition) is 4. The van der Waals surface area contributed by atoms with Gasteiger partial charge in [0, 0.05) is 17.6 Å². The monoisotopic (exact) mass is 257 g/mol. The summed E-state index contributed by atoms with van der Waals surface area (Å²) in [7, 11) is 0. The molecule has 1 aromatic heterocycles. The molecule has 92 valence electrons. The predicted octanol–water partition coefficient (Wildman–Crippen LogP) is 3.17. The van der Waals surface area contributed by atoms with Gasteiger partial charge in [0.2, 0.25) is 0 Å². The molecular formula is C14H15N3S. The highest BCUT2D eigenvalue weighted by Gasteiger charge is 2.09. The third-order valence-corrected chi connectivity index (χ3v) is 3.84. The number of aryl methyl sites for hydroxylation is 1. The Balaban J connectivity index is 2.02. The number of nitriles is 1. The smallest absolute Gasteiger partial charge is 0.109 e. The number of nitrogens with one attached hydrogen (secondary N) is 1. The summed E-state index contributed by atoms with van der Waals surface area (Å²) in [5, 5.41) is 13.5. The van der Waals surface area contributed by atoms with Crippen molar-refractivity contribution >= 4 is 11.3 Å². The quantitative estimate of drug-likeness (QED) is 0.915. The van der Waals surface area contributed by atoms with Gasteiger partial charge >= 0.3 is 0 Å². The minimum absolute atomic E-state index is 0.204. The zero-order valence-electron chi connectivity index (χ0n) is 10.5. The summed E-state index contributed by atoms with van der Waals surface area (Å²) in [6.45, 7) is 4.83. The fraction of sp³-hybridized carbons (Fsp3) is 0.286. The van der Waals surface area contributed by atoms with Crippen molar-refractivity contribution in [1.29, 1.82) is 5.26 Å². The van der Waals surface area contributed by atoms with Crippen molar-refractivity contribution < 1.29 is 0 Å². The van der Waals surface area contributed by atoms with E-state index in [9.17, 15) is 0 Å². The fourth-order valence-corrected chi connectivity index (χ4v) is 2.51. The number of aromatic nitrogens is 1. The van der Waals surface area contributed by atoms with E-state index in [4.69, 9.17) is 5.26 Å². The van der Waals surface area contributed by atoms with Crippen LogP contribution < -0.4 is 5.32 Å². The first-order valence-corrected chi connectivity index (χ1v) is 6.66. The summed E-state index contributed by atoms with van der Waals surface area (Å²) in [5.74, 6) is 0. The third-order valence-electron chi connectivity index (χ3n) is 2.75. The van der Waals surface area contributed by atoms with Crippen molar-refractivity contribution in [3.05, 3.63) is 51.5 Å². The van der Waals surface area contributed by atoms with Gasteiger partial charge in [0.05, 0.1) is 17.7 Å². The molecule has 1 heterocycles. The van der Waals surface area contributed by atoms with Gasteiger partial charge in [0.1, 0.15) is 5.01 Å². The molecule has 0 fully saturated rings. The Morgan fingerprint density at radius 1 is 1.44 bits per heavy atom. The summed E-state index contributed by atoms with van der Waals surface area (Å²) in [6, 6.07) is 10.1. The highest BCUT2D eigenvalue weighted by atomic mass is 32.1. The average Bonchev–Trinajstić information content (AvgIpc) is 2.83. The van der Waals surface area contributed by atoms with Gasteiger partial charge in [-0.1, -0.05) is 18.2 Å². The van der Waals surface area contributed by atoms with Crippen LogP contribution in [0.5, 0.6) is 0 Å². The summed E-state index contributed by atoms with van der Waals surface area (Å²) >= 11 is 1.70. The Morgan fingerprint density at radius 3 is 2.89 bits per heavy atom. The molecule has 0 aliphatic heterocycles. The van der Waals surface area contributed by atoms with Crippen LogP contribution in [0.1, 0.15) is 34.0 Å². The van der Waals surface area contributed by atoms with Gasteiger partial charge < -0.3 is 5.32 Å². The van der Waals surface area contributed by atoms with Gasteiger partial charge in [-0.25, -0.2) is 4.98 Å². The normalized spacial score (nSPS) is 12.1. The lowest BCUT2D eigenvalue weighted by Gasteiger charge is -2.11. The van der Waals surface area contributed by atoms with Crippen LogP contribution in [-0.4, -0.2) is 4.98 Å². The molecule has 0 amide bonds. The van der Waals surface area contributed by atoms with Gasteiger partial charge in [-0.3, -0.25) is 0 Å². The molecule has 4 heteroatoms. The number of rotatable bonds is 4. The van der Waals surface area contributed by atoms with E-state index in [0.717, 1.165) is 16.1 Å². The maximum atomic E-state index is 9.02. The van der Waals surface area contributed by atoms with Crippen molar-refractivity contribution in [2.24, 2.45) is 0 Å². The van der Waals surface area contributed by atoms with E-state index in [1.807, 2.05) is 30.5 Å². The molecule has 1 unspecified atom stereocenters. The molecule has 2 aromatic rings. The number of hydrogen-bond donors (Lipinski definition) is 1. The molecule has 1 atom stereocenters. The van der Waals surface area contributed by atoms with Crippen LogP contribution >= 0.6 is 11.3 Å². The van der Waals surface area contributed by atoms with E-state index >= 15 is 0 Å². The fourth-order valence-electron chi connectivity index (χ4n) is 1.71. The number of nitrogens with zero attached hydrogens (tertiary/aromatic N) is 2. The number of thiazole rings is 1. The van der Waals surface area contributed by atoms with Crippen LogP contribution in [0.25, 0.3) is 0 Å². The van der Waals surface area contributed by atoms with Crippen LogP contribution in [0.2, 0.25) is 0 Å². The van der Waals surface area contributed by atoms with Crippen LogP contribution in [-0.2, 0) is 6.54 Å². The summed E-state index contributed by atoms with van der Waals surface area (Å²) in [5.41, 5.74) is 1.76. The molecular weight excluding hydrogens is 242 g/mol. The van der Waals surface area contributed by atoms with Crippen LogP contribution in [0.4, 0.5) is 0 Å². The average molecular weight is 257 g/mol. The van der Waals surface area contributed by atoms with Gasteiger partial charge in [-0.2, -0.15) is 5.26 Å². The molecule has 0 aliphatic rings. The topological polar surface area (TPSA) is 48.7 Å². The second kappa shape index (κ2) is 5.76. The molecule has 0 spiro atoms. The molecule has 1 N–H and O–H groups in total. The Morgan fingerprint density at radius 2 is 2.22 bits per heavy atom. The first-order chi connectivity index (χ1) is 8.70. The van der Waals surface area contributed by atoms with E-state index in [-0.39, 0.29) is 6.04 Å². The Labute approximate surface area is 111 Å². The van der Waals surface area contributed by atoms with E-state index in [2.05, 4.69) is 30.2 Å². The Bertz CT molecular complexity index is 568. The zero-order chi connectivity index (χ0) is 13.0. The lowest BCUT2D eigenvalue weighted by atomic mass is 10.1. The predicted molar refractivity (Wildman–Crippen MR) is 73.3 cm³/mol.